The van der Waals surface area contributed by atoms with Gasteiger partial charge in [0.1, 0.15) is 0 Å². The molecule has 0 bridgehead atoms. The highest BCUT2D eigenvalue weighted by atomic mass is 16.2. The van der Waals surface area contributed by atoms with Crippen LogP contribution in [0.1, 0.15) is 0 Å². The van der Waals surface area contributed by atoms with Crippen LogP contribution in [0.15, 0.2) is 42.9 Å². The van der Waals surface area contributed by atoms with E-state index in [9.17, 15) is 4.79 Å². The van der Waals surface area contributed by atoms with Crippen molar-refractivity contribution in [2.45, 2.75) is 0 Å². The van der Waals surface area contributed by atoms with Crippen molar-refractivity contribution in [1.82, 2.24) is 14.8 Å². The summed E-state index contributed by atoms with van der Waals surface area (Å²) in [5, 5.41) is 8.57. The summed E-state index contributed by atoms with van der Waals surface area (Å²) in [5.74, 6) is 0. The highest BCUT2D eigenvalue weighted by Gasteiger charge is 2.11. The SMILES string of the molecule is Cn1cc(-c2ncc(NC(N)=O)c3ccccc23)cn1. The van der Waals surface area contributed by atoms with Crippen LogP contribution in [0.5, 0.6) is 0 Å². The van der Waals surface area contributed by atoms with Crippen molar-refractivity contribution in [2.24, 2.45) is 12.8 Å². The highest BCUT2D eigenvalue weighted by Crippen LogP contribution is 2.30. The van der Waals surface area contributed by atoms with E-state index in [0.29, 0.717) is 5.69 Å². The standard InChI is InChI=1S/C14H13N5O/c1-19-8-9(6-17-19)13-11-5-3-2-4-10(11)12(7-16-13)18-14(15)20/h2-8H,1H3,(H3,15,18,20). The number of benzene rings is 1. The van der Waals surface area contributed by atoms with E-state index < -0.39 is 6.03 Å². The molecule has 20 heavy (non-hydrogen) atoms. The van der Waals surface area contributed by atoms with Gasteiger partial charge in [0, 0.05) is 29.6 Å². The van der Waals surface area contributed by atoms with E-state index in [1.165, 1.54) is 0 Å². The second kappa shape index (κ2) is 4.65. The number of rotatable bonds is 2. The average molecular weight is 267 g/mol. The van der Waals surface area contributed by atoms with E-state index in [-0.39, 0.29) is 0 Å². The number of amides is 2. The smallest absolute Gasteiger partial charge is 0.316 e. The largest absolute Gasteiger partial charge is 0.351 e. The van der Waals surface area contributed by atoms with E-state index in [4.69, 9.17) is 5.73 Å². The van der Waals surface area contributed by atoms with Crippen molar-refractivity contribution in [3.05, 3.63) is 42.9 Å². The Balaban J connectivity index is 2.23. The number of anilines is 1. The molecule has 0 atom stereocenters. The van der Waals surface area contributed by atoms with Gasteiger partial charge in [0.25, 0.3) is 0 Å². The summed E-state index contributed by atoms with van der Waals surface area (Å²) in [6.45, 7) is 0. The van der Waals surface area contributed by atoms with Crippen LogP contribution in [-0.2, 0) is 7.05 Å². The molecular formula is C14H13N5O. The Morgan fingerprint density at radius 2 is 2.00 bits per heavy atom. The molecule has 0 radical (unpaired) electrons. The first-order valence-electron chi connectivity index (χ1n) is 6.08. The van der Waals surface area contributed by atoms with E-state index in [1.54, 1.807) is 17.1 Å². The summed E-state index contributed by atoms with van der Waals surface area (Å²) in [7, 11) is 1.86. The van der Waals surface area contributed by atoms with Crippen LogP contribution >= 0.6 is 0 Å². The summed E-state index contributed by atoms with van der Waals surface area (Å²) in [6.07, 6.45) is 5.27. The zero-order valence-corrected chi connectivity index (χ0v) is 10.9. The van der Waals surface area contributed by atoms with E-state index in [0.717, 1.165) is 22.0 Å². The lowest BCUT2D eigenvalue weighted by atomic mass is 10.1. The quantitative estimate of drug-likeness (QED) is 0.745. The fourth-order valence-electron chi connectivity index (χ4n) is 2.20. The van der Waals surface area contributed by atoms with E-state index in [1.807, 2.05) is 37.5 Å². The fourth-order valence-corrected chi connectivity index (χ4v) is 2.20. The summed E-state index contributed by atoms with van der Waals surface area (Å²) < 4.78 is 1.72. The van der Waals surface area contributed by atoms with Gasteiger partial charge < -0.3 is 11.1 Å². The molecule has 3 rings (SSSR count). The summed E-state index contributed by atoms with van der Waals surface area (Å²) >= 11 is 0. The minimum Gasteiger partial charge on any atom is -0.351 e. The van der Waals surface area contributed by atoms with Crippen LogP contribution in [0.4, 0.5) is 10.5 Å². The molecule has 6 heteroatoms. The first kappa shape index (κ1) is 12.2. The first-order valence-corrected chi connectivity index (χ1v) is 6.08. The van der Waals surface area contributed by atoms with Crippen LogP contribution in [-0.4, -0.2) is 20.8 Å². The molecule has 0 unspecified atom stereocenters. The molecule has 0 aliphatic carbocycles. The molecule has 100 valence electrons. The normalized spacial score (nSPS) is 10.7. The Labute approximate surface area is 115 Å². The van der Waals surface area contributed by atoms with Crippen molar-refractivity contribution < 1.29 is 4.79 Å². The van der Waals surface area contributed by atoms with Crippen LogP contribution in [0.2, 0.25) is 0 Å². The second-order valence-electron chi connectivity index (χ2n) is 4.46. The number of carbonyl (C=O) groups is 1. The summed E-state index contributed by atoms with van der Waals surface area (Å²) in [6, 6.07) is 7.10. The van der Waals surface area contributed by atoms with Gasteiger partial charge in [0.15, 0.2) is 0 Å². The third-order valence-electron chi connectivity index (χ3n) is 3.03. The maximum absolute atomic E-state index is 11.0. The van der Waals surface area contributed by atoms with Gasteiger partial charge in [-0.15, -0.1) is 0 Å². The van der Waals surface area contributed by atoms with Crippen molar-refractivity contribution in [1.29, 1.82) is 0 Å². The molecule has 3 aromatic rings. The zero-order valence-electron chi connectivity index (χ0n) is 10.9. The minimum atomic E-state index is -0.605. The Bertz CT molecular complexity index is 793. The predicted molar refractivity (Wildman–Crippen MR) is 77.2 cm³/mol. The molecule has 1 aromatic carbocycles. The van der Waals surface area contributed by atoms with Gasteiger partial charge in [-0.25, -0.2) is 4.79 Å². The van der Waals surface area contributed by atoms with Gasteiger partial charge in [-0.1, -0.05) is 24.3 Å². The third-order valence-corrected chi connectivity index (χ3v) is 3.03. The molecule has 0 aliphatic rings. The maximum Gasteiger partial charge on any atom is 0.316 e. The van der Waals surface area contributed by atoms with E-state index in [2.05, 4.69) is 15.4 Å². The molecule has 0 saturated carbocycles. The number of aryl methyl sites for hydroxylation is 1. The maximum atomic E-state index is 11.0. The van der Waals surface area contributed by atoms with Gasteiger partial charge in [-0.2, -0.15) is 5.10 Å². The van der Waals surface area contributed by atoms with Crippen molar-refractivity contribution >= 4 is 22.5 Å². The highest BCUT2D eigenvalue weighted by molar-refractivity contribution is 6.05. The van der Waals surface area contributed by atoms with Crippen molar-refractivity contribution in [3.8, 4) is 11.3 Å². The van der Waals surface area contributed by atoms with Gasteiger partial charge in [-0.3, -0.25) is 9.67 Å². The minimum absolute atomic E-state index is 0.598. The number of pyridine rings is 1. The third kappa shape index (κ3) is 2.07. The topological polar surface area (TPSA) is 85.8 Å². The molecule has 0 fully saturated rings. The molecule has 0 aliphatic heterocycles. The number of nitrogens with one attached hydrogen (secondary N) is 1. The van der Waals surface area contributed by atoms with Gasteiger partial charge in [0.2, 0.25) is 0 Å². The number of nitrogens with two attached hydrogens (primary N) is 1. The number of carbonyl (C=O) groups excluding carboxylic acids is 1. The molecular weight excluding hydrogens is 254 g/mol. The number of aromatic nitrogens is 3. The molecule has 0 saturated heterocycles. The first-order chi connectivity index (χ1) is 9.65. The number of hydrogen-bond acceptors (Lipinski definition) is 3. The second-order valence-corrected chi connectivity index (χ2v) is 4.46. The lowest BCUT2D eigenvalue weighted by molar-refractivity contribution is 0.259. The van der Waals surface area contributed by atoms with Crippen LogP contribution in [0.25, 0.3) is 22.0 Å². The monoisotopic (exact) mass is 267 g/mol. The Kier molecular flexibility index (Phi) is 2.83. The molecule has 6 nitrogen and oxygen atoms in total. The molecule has 2 aromatic heterocycles. The number of hydrogen-bond donors (Lipinski definition) is 2. The number of urea groups is 1. The van der Waals surface area contributed by atoms with Crippen LogP contribution < -0.4 is 11.1 Å². The Morgan fingerprint density at radius 1 is 1.25 bits per heavy atom. The number of primary amides is 1. The molecule has 0 spiro atoms. The summed E-state index contributed by atoms with van der Waals surface area (Å²) in [5.41, 5.74) is 7.52. The van der Waals surface area contributed by atoms with Crippen molar-refractivity contribution in [2.75, 3.05) is 5.32 Å². The number of nitrogens with zero attached hydrogens (tertiary/aromatic N) is 3. The predicted octanol–water partition coefficient (Wildman–Crippen LogP) is 2.13. The van der Waals surface area contributed by atoms with Gasteiger partial charge in [0.05, 0.1) is 23.8 Å². The lowest BCUT2D eigenvalue weighted by Gasteiger charge is -2.09. The Hall–Kier alpha value is -2.89. The summed E-state index contributed by atoms with van der Waals surface area (Å²) in [4.78, 5) is 15.5. The molecule has 3 N–H and O–H groups in total. The average Bonchev–Trinajstić information content (AvgIpc) is 2.85. The van der Waals surface area contributed by atoms with Gasteiger partial charge >= 0.3 is 6.03 Å². The lowest BCUT2D eigenvalue weighted by Crippen LogP contribution is -2.19. The fraction of sp³-hybridized carbons (Fsp3) is 0.0714. The van der Waals surface area contributed by atoms with Gasteiger partial charge in [-0.05, 0) is 0 Å². The molecule has 2 amide bonds. The van der Waals surface area contributed by atoms with Crippen LogP contribution in [0.3, 0.4) is 0 Å². The van der Waals surface area contributed by atoms with Crippen LogP contribution in [0, 0.1) is 0 Å². The molecule has 2 heterocycles. The Morgan fingerprint density at radius 3 is 2.65 bits per heavy atom. The number of fused-ring (bicyclic) bond motifs is 1. The zero-order chi connectivity index (χ0) is 14.1. The van der Waals surface area contributed by atoms with Crippen molar-refractivity contribution in [3.63, 3.8) is 0 Å². The van der Waals surface area contributed by atoms with E-state index >= 15 is 0 Å².